The number of ether oxygens (including phenoxy) is 1. The van der Waals surface area contributed by atoms with Crippen molar-refractivity contribution in [3.05, 3.63) is 59.9 Å². The highest BCUT2D eigenvalue weighted by atomic mass is 16.6. The van der Waals surface area contributed by atoms with Gasteiger partial charge in [-0.15, -0.1) is 0 Å². The molecule has 2 atom stereocenters. The number of benzene rings is 1. The number of H-pyrrole nitrogens is 1. The summed E-state index contributed by atoms with van der Waals surface area (Å²) in [6, 6.07) is 11.9. The van der Waals surface area contributed by atoms with E-state index in [1.165, 1.54) is 0 Å². The number of nitrogens with zero attached hydrogens (tertiary/aromatic N) is 1. The zero-order chi connectivity index (χ0) is 13.2. The standard InChI is InChI=1S/C14H14N2O3/c17-14-13(11-7-4-8-15-11)16(18)12(9-19-14)10-5-2-1-3-6-10/h1-8,12-13,15,18H,9H2/t12-,13+/m0/s1. The van der Waals surface area contributed by atoms with Gasteiger partial charge < -0.3 is 14.9 Å². The molecule has 1 aromatic carbocycles. The van der Waals surface area contributed by atoms with Crippen LogP contribution in [0.3, 0.4) is 0 Å². The molecule has 2 heterocycles. The largest absolute Gasteiger partial charge is 0.462 e. The molecule has 5 heteroatoms. The van der Waals surface area contributed by atoms with Crippen LogP contribution in [-0.2, 0) is 9.53 Å². The first-order chi connectivity index (χ1) is 9.27. The van der Waals surface area contributed by atoms with Crippen molar-refractivity contribution in [2.24, 2.45) is 0 Å². The maximum atomic E-state index is 11.8. The van der Waals surface area contributed by atoms with E-state index in [-0.39, 0.29) is 12.6 Å². The van der Waals surface area contributed by atoms with Crippen LogP contribution < -0.4 is 0 Å². The molecule has 0 bridgehead atoms. The minimum atomic E-state index is -0.811. The molecule has 0 radical (unpaired) electrons. The average Bonchev–Trinajstić information content (AvgIpc) is 2.94. The second kappa shape index (κ2) is 4.87. The number of carbonyl (C=O) groups is 1. The number of cyclic esters (lactones) is 1. The van der Waals surface area contributed by atoms with Gasteiger partial charge in [0.25, 0.3) is 0 Å². The number of morpholine rings is 1. The summed E-state index contributed by atoms with van der Waals surface area (Å²) < 4.78 is 5.19. The van der Waals surface area contributed by atoms with Crippen molar-refractivity contribution in [2.75, 3.05) is 6.61 Å². The number of hydrogen-bond donors (Lipinski definition) is 2. The Morgan fingerprint density at radius 3 is 2.68 bits per heavy atom. The van der Waals surface area contributed by atoms with Crippen molar-refractivity contribution in [3.63, 3.8) is 0 Å². The maximum Gasteiger partial charge on any atom is 0.332 e. The predicted octanol–water partition coefficient (Wildman–Crippen LogP) is 2.05. The molecular formula is C14H14N2O3. The number of aromatic nitrogens is 1. The normalized spacial score (nSPS) is 24.2. The second-order valence-electron chi connectivity index (χ2n) is 4.46. The molecule has 1 fully saturated rings. The van der Waals surface area contributed by atoms with Gasteiger partial charge in [-0.05, 0) is 17.7 Å². The van der Waals surface area contributed by atoms with E-state index < -0.39 is 12.0 Å². The van der Waals surface area contributed by atoms with Crippen LogP contribution in [0.2, 0.25) is 0 Å². The summed E-state index contributed by atoms with van der Waals surface area (Å²) >= 11 is 0. The highest BCUT2D eigenvalue weighted by Crippen LogP contribution is 2.33. The van der Waals surface area contributed by atoms with Crippen molar-refractivity contribution in [1.29, 1.82) is 0 Å². The van der Waals surface area contributed by atoms with E-state index in [4.69, 9.17) is 4.74 Å². The Balaban J connectivity index is 1.92. The molecule has 3 rings (SSSR count). The molecule has 98 valence electrons. The van der Waals surface area contributed by atoms with Crippen molar-refractivity contribution in [3.8, 4) is 0 Å². The lowest BCUT2D eigenvalue weighted by molar-refractivity contribution is -0.221. The van der Waals surface area contributed by atoms with Gasteiger partial charge in [0, 0.05) is 11.9 Å². The Morgan fingerprint density at radius 1 is 1.21 bits per heavy atom. The maximum absolute atomic E-state index is 11.8. The Hall–Kier alpha value is -2.11. The first-order valence-corrected chi connectivity index (χ1v) is 6.09. The third kappa shape index (κ3) is 2.14. The van der Waals surface area contributed by atoms with Gasteiger partial charge >= 0.3 is 5.97 Å². The van der Waals surface area contributed by atoms with Gasteiger partial charge in [0.05, 0.1) is 6.04 Å². The predicted molar refractivity (Wildman–Crippen MR) is 67.3 cm³/mol. The van der Waals surface area contributed by atoms with Crippen LogP contribution >= 0.6 is 0 Å². The van der Waals surface area contributed by atoms with E-state index in [9.17, 15) is 10.0 Å². The molecule has 1 aliphatic rings. The molecule has 0 amide bonds. The molecule has 0 aliphatic carbocycles. The molecule has 0 unspecified atom stereocenters. The van der Waals surface area contributed by atoms with Crippen molar-refractivity contribution in [1.82, 2.24) is 10.0 Å². The minimum absolute atomic E-state index is 0.149. The van der Waals surface area contributed by atoms with Crippen LogP contribution in [0.15, 0.2) is 48.7 Å². The average molecular weight is 258 g/mol. The number of aromatic amines is 1. The summed E-state index contributed by atoms with van der Waals surface area (Å²) in [4.78, 5) is 14.8. The lowest BCUT2D eigenvalue weighted by Gasteiger charge is -2.35. The van der Waals surface area contributed by atoms with E-state index in [0.29, 0.717) is 5.69 Å². The monoisotopic (exact) mass is 258 g/mol. The smallest absolute Gasteiger partial charge is 0.332 e. The fourth-order valence-corrected chi connectivity index (χ4v) is 2.31. The Morgan fingerprint density at radius 2 is 2.00 bits per heavy atom. The number of hydrogen-bond acceptors (Lipinski definition) is 4. The van der Waals surface area contributed by atoms with E-state index in [0.717, 1.165) is 10.6 Å². The second-order valence-corrected chi connectivity index (χ2v) is 4.46. The molecule has 2 N–H and O–H groups in total. The fourth-order valence-electron chi connectivity index (χ4n) is 2.31. The number of carbonyl (C=O) groups excluding carboxylic acids is 1. The fraction of sp³-hybridized carbons (Fsp3) is 0.214. The molecule has 1 aliphatic heterocycles. The van der Waals surface area contributed by atoms with Crippen LogP contribution in [-0.4, -0.2) is 27.8 Å². The molecule has 5 nitrogen and oxygen atoms in total. The van der Waals surface area contributed by atoms with Gasteiger partial charge in [0.2, 0.25) is 0 Å². The first kappa shape index (κ1) is 12.0. The lowest BCUT2D eigenvalue weighted by atomic mass is 10.0. The SMILES string of the molecule is O=C1OC[C@@H](c2ccccc2)N(O)[C@@H]1c1ccc[nH]1. The highest BCUT2D eigenvalue weighted by molar-refractivity contribution is 5.77. The third-order valence-electron chi connectivity index (χ3n) is 3.29. The minimum Gasteiger partial charge on any atom is -0.462 e. The molecule has 2 aromatic rings. The summed E-state index contributed by atoms with van der Waals surface area (Å²) in [6.07, 6.45) is 1.71. The highest BCUT2D eigenvalue weighted by Gasteiger charge is 2.39. The summed E-state index contributed by atoms with van der Waals surface area (Å²) in [5.74, 6) is -0.447. The van der Waals surface area contributed by atoms with Crippen LogP contribution in [0.1, 0.15) is 23.3 Å². The summed E-state index contributed by atoms with van der Waals surface area (Å²) in [5.41, 5.74) is 1.53. The third-order valence-corrected chi connectivity index (χ3v) is 3.29. The van der Waals surface area contributed by atoms with Gasteiger partial charge in [-0.3, -0.25) is 0 Å². The van der Waals surface area contributed by atoms with Crippen molar-refractivity contribution < 1.29 is 14.7 Å². The summed E-state index contributed by atoms with van der Waals surface area (Å²) in [6.45, 7) is 0.149. The number of nitrogens with one attached hydrogen (secondary N) is 1. The van der Waals surface area contributed by atoms with E-state index in [1.54, 1.807) is 18.3 Å². The van der Waals surface area contributed by atoms with E-state index in [1.807, 2.05) is 30.3 Å². The first-order valence-electron chi connectivity index (χ1n) is 6.09. The molecule has 19 heavy (non-hydrogen) atoms. The zero-order valence-corrected chi connectivity index (χ0v) is 10.2. The topological polar surface area (TPSA) is 65.6 Å². The van der Waals surface area contributed by atoms with Gasteiger partial charge in [0.15, 0.2) is 6.04 Å². The van der Waals surface area contributed by atoms with Gasteiger partial charge in [-0.2, -0.15) is 5.06 Å². The lowest BCUT2D eigenvalue weighted by Crippen LogP contribution is -2.43. The van der Waals surface area contributed by atoms with Gasteiger partial charge in [0.1, 0.15) is 6.61 Å². The number of esters is 1. The molecule has 0 saturated carbocycles. The zero-order valence-electron chi connectivity index (χ0n) is 10.2. The summed E-state index contributed by atoms with van der Waals surface area (Å²) in [5, 5.41) is 11.4. The molecule has 1 saturated heterocycles. The quantitative estimate of drug-likeness (QED) is 0.809. The Kier molecular flexibility index (Phi) is 3.06. The molecule has 0 spiro atoms. The molecular weight excluding hydrogens is 244 g/mol. The number of rotatable bonds is 2. The Labute approximate surface area is 110 Å². The summed E-state index contributed by atoms with van der Waals surface area (Å²) in [7, 11) is 0. The van der Waals surface area contributed by atoms with Crippen LogP contribution in [0.5, 0.6) is 0 Å². The number of hydroxylamine groups is 2. The van der Waals surface area contributed by atoms with Crippen LogP contribution in [0.4, 0.5) is 0 Å². The van der Waals surface area contributed by atoms with E-state index >= 15 is 0 Å². The van der Waals surface area contributed by atoms with Crippen molar-refractivity contribution >= 4 is 5.97 Å². The van der Waals surface area contributed by atoms with Gasteiger partial charge in [-0.25, -0.2) is 4.79 Å². The Bertz CT molecular complexity index is 553. The van der Waals surface area contributed by atoms with Crippen LogP contribution in [0, 0.1) is 0 Å². The van der Waals surface area contributed by atoms with E-state index in [2.05, 4.69) is 4.98 Å². The molecule has 1 aromatic heterocycles. The van der Waals surface area contributed by atoms with Crippen molar-refractivity contribution in [2.45, 2.75) is 12.1 Å². The van der Waals surface area contributed by atoms with Crippen LogP contribution in [0.25, 0.3) is 0 Å². The van der Waals surface area contributed by atoms with Gasteiger partial charge in [-0.1, -0.05) is 30.3 Å².